The normalized spacial score (nSPS) is 12.2. The van der Waals surface area contributed by atoms with Gasteiger partial charge in [0.05, 0.1) is 12.2 Å². The van der Waals surface area contributed by atoms with Crippen molar-refractivity contribution in [1.29, 1.82) is 0 Å². The zero-order valence-electron chi connectivity index (χ0n) is 12.0. The van der Waals surface area contributed by atoms with Gasteiger partial charge in [-0.2, -0.15) is 0 Å². The molecule has 0 aliphatic rings. The van der Waals surface area contributed by atoms with Crippen molar-refractivity contribution in [2.45, 2.75) is 58.7 Å². The Kier molecular flexibility index (Phi) is 6.74. The number of hydrogen-bond acceptors (Lipinski definition) is 1. The smallest absolute Gasteiger partial charge is 0.0810 e. The average Bonchev–Trinajstić information content (AvgIpc) is 2.38. The fourth-order valence-electron chi connectivity index (χ4n) is 1.77. The van der Waals surface area contributed by atoms with Gasteiger partial charge >= 0.3 is 0 Å². The molecule has 0 aromatic heterocycles. The molecule has 0 aliphatic heterocycles. The van der Waals surface area contributed by atoms with Gasteiger partial charge in [-0.25, -0.2) is 0 Å². The number of unbranched alkanes of at least 4 members (excludes halogenated alkanes) is 3. The van der Waals surface area contributed by atoms with Crippen LogP contribution in [0.4, 0.5) is 0 Å². The maximum absolute atomic E-state index is 5.94. The quantitative estimate of drug-likeness (QED) is 0.457. The van der Waals surface area contributed by atoms with Gasteiger partial charge in [0.2, 0.25) is 0 Å². The van der Waals surface area contributed by atoms with Crippen molar-refractivity contribution in [2.75, 3.05) is 0 Å². The van der Waals surface area contributed by atoms with E-state index in [9.17, 15) is 0 Å². The average molecular weight is 246 g/mol. The minimum Gasteiger partial charge on any atom is -0.367 e. The van der Waals surface area contributed by atoms with Gasteiger partial charge in [-0.3, -0.25) is 0 Å². The highest BCUT2D eigenvalue weighted by molar-refractivity contribution is 5.13. The highest BCUT2D eigenvalue weighted by Crippen LogP contribution is 2.15. The zero-order valence-corrected chi connectivity index (χ0v) is 12.0. The molecule has 0 saturated carbocycles. The second kappa shape index (κ2) is 8.10. The van der Waals surface area contributed by atoms with Gasteiger partial charge < -0.3 is 4.74 Å². The standard InChI is InChI=1S/C17H26O/c1-4-5-6-7-11-14-17(2,3)18-15-16-12-9-8-10-13-16/h8-14H,4-7,15H2,1-3H3. The number of hydrogen-bond donors (Lipinski definition) is 0. The molecule has 1 aromatic carbocycles. The molecule has 0 heterocycles. The van der Waals surface area contributed by atoms with Crippen LogP contribution in [0, 0.1) is 0 Å². The van der Waals surface area contributed by atoms with Crippen molar-refractivity contribution in [3.05, 3.63) is 48.0 Å². The van der Waals surface area contributed by atoms with E-state index in [0.717, 1.165) is 6.42 Å². The Morgan fingerprint density at radius 3 is 2.50 bits per heavy atom. The third kappa shape index (κ3) is 6.61. The predicted octanol–water partition coefficient (Wildman–Crippen LogP) is 5.12. The molecule has 0 aliphatic carbocycles. The molecule has 1 rings (SSSR count). The molecule has 18 heavy (non-hydrogen) atoms. The monoisotopic (exact) mass is 246 g/mol. The van der Waals surface area contributed by atoms with E-state index in [4.69, 9.17) is 4.74 Å². The van der Waals surface area contributed by atoms with Crippen LogP contribution in [0.5, 0.6) is 0 Å². The minimum atomic E-state index is -0.179. The maximum Gasteiger partial charge on any atom is 0.0810 e. The van der Waals surface area contributed by atoms with Crippen LogP contribution < -0.4 is 0 Å². The molecule has 0 saturated heterocycles. The van der Waals surface area contributed by atoms with Crippen LogP contribution in [0.15, 0.2) is 42.5 Å². The van der Waals surface area contributed by atoms with E-state index in [-0.39, 0.29) is 5.60 Å². The summed E-state index contributed by atoms with van der Waals surface area (Å²) in [5.74, 6) is 0. The SMILES string of the molecule is CCCCCC=CC(C)(C)OCc1ccccc1. The summed E-state index contributed by atoms with van der Waals surface area (Å²) in [7, 11) is 0. The van der Waals surface area contributed by atoms with E-state index in [2.05, 4.69) is 45.1 Å². The zero-order chi connectivity index (χ0) is 13.3. The molecule has 1 aromatic rings. The molecule has 0 unspecified atom stereocenters. The Balaban J connectivity index is 2.30. The van der Waals surface area contributed by atoms with Gasteiger partial charge in [0.15, 0.2) is 0 Å². The number of ether oxygens (including phenoxy) is 1. The van der Waals surface area contributed by atoms with Gasteiger partial charge in [-0.15, -0.1) is 0 Å². The lowest BCUT2D eigenvalue weighted by molar-refractivity contribution is 0.00695. The first kappa shape index (κ1) is 15.0. The first-order valence-corrected chi connectivity index (χ1v) is 6.99. The summed E-state index contributed by atoms with van der Waals surface area (Å²) in [6.45, 7) is 7.14. The molecule has 1 heteroatoms. The summed E-state index contributed by atoms with van der Waals surface area (Å²) >= 11 is 0. The Labute approximate surface area is 112 Å². The van der Waals surface area contributed by atoms with Crippen molar-refractivity contribution < 1.29 is 4.74 Å². The molecule has 0 spiro atoms. The molecule has 0 fully saturated rings. The summed E-state index contributed by atoms with van der Waals surface area (Å²) in [5.41, 5.74) is 1.05. The first-order valence-electron chi connectivity index (χ1n) is 6.99. The van der Waals surface area contributed by atoms with Gasteiger partial charge in [-0.1, -0.05) is 62.2 Å². The molecule has 0 amide bonds. The van der Waals surface area contributed by atoms with Gasteiger partial charge in [0.25, 0.3) is 0 Å². The van der Waals surface area contributed by atoms with Crippen LogP contribution in [0.3, 0.4) is 0 Å². The molecule has 0 bridgehead atoms. The summed E-state index contributed by atoms with van der Waals surface area (Å²) in [4.78, 5) is 0. The highest BCUT2D eigenvalue weighted by atomic mass is 16.5. The predicted molar refractivity (Wildman–Crippen MR) is 78.6 cm³/mol. The molecule has 1 nitrogen and oxygen atoms in total. The van der Waals surface area contributed by atoms with E-state index >= 15 is 0 Å². The summed E-state index contributed by atoms with van der Waals surface area (Å²) < 4.78 is 5.94. The van der Waals surface area contributed by atoms with Crippen molar-refractivity contribution >= 4 is 0 Å². The van der Waals surface area contributed by atoms with Crippen molar-refractivity contribution in [1.82, 2.24) is 0 Å². The van der Waals surface area contributed by atoms with E-state index in [1.165, 1.54) is 24.8 Å². The third-order valence-electron chi connectivity index (χ3n) is 2.95. The van der Waals surface area contributed by atoms with Crippen molar-refractivity contribution in [2.24, 2.45) is 0 Å². The molecular weight excluding hydrogens is 220 g/mol. The Hall–Kier alpha value is -1.08. The lowest BCUT2D eigenvalue weighted by atomic mass is 10.1. The first-order chi connectivity index (χ1) is 8.64. The van der Waals surface area contributed by atoms with E-state index in [0.29, 0.717) is 6.61 Å². The van der Waals surface area contributed by atoms with Crippen molar-refractivity contribution in [3.63, 3.8) is 0 Å². The van der Waals surface area contributed by atoms with E-state index in [1.807, 2.05) is 18.2 Å². The molecule has 100 valence electrons. The molecule has 0 atom stereocenters. The second-order valence-electron chi connectivity index (χ2n) is 5.28. The topological polar surface area (TPSA) is 9.23 Å². The fraction of sp³-hybridized carbons (Fsp3) is 0.529. The maximum atomic E-state index is 5.94. The summed E-state index contributed by atoms with van der Waals surface area (Å²) in [5, 5.41) is 0. The minimum absolute atomic E-state index is 0.179. The van der Waals surface area contributed by atoms with Crippen LogP contribution >= 0.6 is 0 Å². The van der Waals surface area contributed by atoms with E-state index in [1.54, 1.807) is 0 Å². The largest absolute Gasteiger partial charge is 0.367 e. The highest BCUT2D eigenvalue weighted by Gasteiger charge is 2.13. The Bertz CT molecular complexity index is 338. The van der Waals surface area contributed by atoms with Crippen LogP contribution in [-0.2, 0) is 11.3 Å². The van der Waals surface area contributed by atoms with E-state index < -0.39 is 0 Å². The van der Waals surface area contributed by atoms with Gasteiger partial charge in [0, 0.05) is 0 Å². The fourth-order valence-corrected chi connectivity index (χ4v) is 1.77. The second-order valence-corrected chi connectivity index (χ2v) is 5.28. The number of benzene rings is 1. The number of rotatable bonds is 8. The van der Waals surface area contributed by atoms with Gasteiger partial charge in [-0.05, 0) is 32.3 Å². The lowest BCUT2D eigenvalue weighted by Crippen LogP contribution is -2.20. The molecule has 0 N–H and O–H groups in total. The van der Waals surface area contributed by atoms with Crippen LogP contribution in [-0.4, -0.2) is 5.60 Å². The van der Waals surface area contributed by atoms with Crippen molar-refractivity contribution in [3.8, 4) is 0 Å². The Morgan fingerprint density at radius 2 is 1.83 bits per heavy atom. The summed E-state index contributed by atoms with van der Waals surface area (Å²) in [6.07, 6.45) is 9.47. The molecular formula is C17H26O. The Morgan fingerprint density at radius 1 is 1.11 bits per heavy atom. The van der Waals surface area contributed by atoms with Gasteiger partial charge in [0.1, 0.15) is 0 Å². The lowest BCUT2D eigenvalue weighted by Gasteiger charge is -2.21. The number of allylic oxidation sites excluding steroid dienone is 1. The van der Waals surface area contributed by atoms with Crippen LogP contribution in [0.2, 0.25) is 0 Å². The van der Waals surface area contributed by atoms with Crippen LogP contribution in [0.25, 0.3) is 0 Å². The summed E-state index contributed by atoms with van der Waals surface area (Å²) in [6, 6.07) is 10.3. The third-order valence-corrected chi connectivity index (χ3v) is 2.95. The molecule has 0 radical (unpaired) electrons. The van der Waals surface area contributed by atoms with Crippen LogP contribution in [0.1, 0.15) is 52.0 Å².